The molecule has 1 aliphatic heterocycles. The van der Waals surface area contributed by atoms with Gasteiger partial charge in [-0.25, -0.2) is 0 Å². The predicted octanol–water partition coefficient (Wildman–Crippen LogP) is 3.06. The first-order chi connectivity index (χ1) is 9.54. The molecule has 4 heteroatoms. The molecule has 2 unspecified atom stereocenters. The van der Waals surface area contributed by atoms with E-state index >= 15 is 0 Å². The van der Waals surface area contributed by atoms with E-state index in [2.05, 4.69) is 11.0 Å². The molecule has 1 aromatic carbocycles. The highest BCUT2D eigenvalue weighted by molar-refractivity contribution is 6.30. The molecule has 1 amide bonds. The number of likely N-dealkylation sites (tertiary alicyclic amines) is 1. The quantitative estimate of drug-likeness (QED) is 0.907. The van der Waals surface area contributed by atoms with E-state index in [1.807, 2.05) is 25.1 Å². The van der Waals surface area contributed by atoms with Crippen LogP contribution in [0.25, 0.3) is 0 Å². The zero-order chi connectivity index (χ0) is 14.5. The summed E-state index contributed by atoms with van der Waals surface area (Å²) in [6, 6.07) is 8.03. The number of nitrogens with zero attached hydrogens (tertiary/aromatic N) is 1. The van der Waals surface area contributed by atoms with E-state index in [1.165, 1.54) is 18.4 Å². The van der Waals surface area contributed by atoms with Crippen molar-refractivity contribution in [1.82, 2.24) is 4.90 Å². The van der Waals surface area contributed by atoms with Gasteiger partial charge in [-0.05, 0) is 49.4 Å². The molecule has 0 spiro atoms. The second kappa shape index (κ2) is 7.09. The highest BCUT2D eigenvalue weighted by atomic mass is 35.5. The predicted molar refractivity (Wildman–Crippen MR) is 82.4 cm³/mol. The summed E-state index contributed by atoms with van der Waals surface area (Å²) >= 11 is 6.02. The topological polar surface area (TPSA) is 46.3 Å². The van der Waals surface area contributed by atoms with Crippen molar-refractivity contribution >= 4 is 17.5 Å². The highest BCUT2D eigenvalue weighted by Crippen LogP contribution is 2.24. The van der Waals surface area contributed by atoms with Crippen LogP contribution in [0.15, 0.2) is 24.3 Å². The lowest BCUT2D eigenvalue weighted by atomic mass is 9.88. The second-order valence-corrected chi connectivity index (χ2v) is 6.35. The van der Waals surface area contributed by atoms with Crippen LogP contribution < -0.4 is 5.73 Å². The molecule has 2 N–H and O–H groups in total. The number of carbonyl (C=O) groups is 1. The average molecular weight is 295 g/mol. The molecule has 3 nitrogen and oxygen atoms in total. The monoisotopic (exact) mass is 294 g/mol. The zero-order valence-electron chi connectivity index (χ0n) is 12.0. The Bertz CT molecular complexity index is 464. The second-order valence-electron chi connectivity index (χ2n) is 5.91. The summed E-state index contributed by atoms with van der Waals surface area (Å²) in [6.07, 6.45) is 3.29. The molecule has 1 aromatic rings. The molecule has 2 atom stereocenters. The minimum Gasteiger partial charge on any atom is -0.369 e. The van der Waals surface area contributed by atoms with Gasteiger partial charge in [0.1, 0.15) is 0 Å². The van der Waals surface area contributed by atoms with Crippen LogP contribution in [0.1, 0.15) is 31.7 Å². The number of primary amides is 1. The van der Waals surface area contributed by atoms with Gasteiger partial charge in [-0.1, -0.05) is 30.7 Å². The number of piperidine rings is 1. The molecule has 0 aliphatic carbocycles. The van der Waals surface area contributed by atoms with Gasteiger partial charge >= 0.3 is 0 Å². The first-order valence-corrected chi connectivity index (χ1v) is 7.68. The number of amides is 1. The number of hydrogen-bond donors (Lipinski definition) is 1. The fourth-order valence-corrected chi connectivity index (χ4v) is 3.21. The lowest BCUT2D eigenvalue weighted by Gasteiger charge is -2.33. The van der Waals surface area contributed by atoms with Crippen LogP contribution in [0.2, 0.25) is 5.02 Å². The summed E-state index contributed by atoms with van der Waals surface area (Å²) in [5, 5.41) is 0.790. The van der Waals surface area contributed by atoms with E-state index in [4.69, 9.17) is 17.3 Å². The van der Waals surface area contributed by atoms with Gasteiger partial charge in [-0.2, -0.15) is 0 Å². The van der Waals surface area contributed by atoms with Crippen LogP contribution in [0.5, 0.6) is 0 Å². The van der Waals surface area contributed by atoms with Crippen molar-refractivity contribution in [2.24, 2.45) is 17.6 Å². The molecule has 0 bridgehead atoms. The lowest BCUT2D eigenvalue weighted by molar-refractivity contribution is -0.121. The number of nitrogens with two attached hydrogens (primary N) is 1. The van der Waals surface area contributed by atoms with Crippen LogP contribution in [-0.2, 0) is 11.3 Å². The smallest absolute Gasteiger partial charge is 0.220 e. The Morgan fingerprint density at radius 1 is 1.55 bits per heavy atom. The van der Waals surface area contributed by atoms with Crippen LogP contribution in [-0.4, -0.2) is 23.9 Å². The lowest BCUT2D eigenvalue weighted by Crippen LogP contribution is -2.36. The summed E-state index contributed by atoms with van der Waals surface area (Å²) in [5.41, 5.74) is 6.61. The van der Waals surface area contributed by atoms with Gasteiger partial charge in [-0.3, -0.25) is 9.69 Å². The maximum absolute atomic E-state index is 11.2. The van der Waals surface area contributed by atoms with Crippen molar-refractivity contribution < 1.29 is 4.79 Å². The molecule has 0 aromatic heterocycles. The fourth-order valence-electron chi connectivity index (χ4n) is 3.00. The third kappa shape index (κ3) is 4.50. The number of hydrogen-bond acceptors (Lipinski definition) is 2. The Labute approximate surface area is 126 Å². The minimum absolute atomic E-state index is 0.0221. The van der Waals surface area contributed by atoms with Crippen LogP contribution in [0.4, 0.5) is 0 Å². The molecule has 1 saturated heterocycles. The Morgan fingerprint density at radius 2 is 2.35 bits per heavy atom. The number of benzene rings is 1. The van der Waals surface area contributed by atoms with E-state index in [0.29, 0.717) is 5.92 Å². The summed E-state index contributed by atoms with van der Waals surface area (Å²) in [7, 11) is 0. The third-order valence-corrected chi connectivity index (χ3v) is 4.31. The van der Waals surface area contributed by atoms with E-state index in [-0.39, 0.29) is 11.8 Å². The largest absolute Gasteiger partial charge is 0.369 e. The van der Waals surface area contributed by atoms with Crippen LogP contribution in [0, 0.1) is 11.8 Å². The molecular formula is C16H23ClN2O. The van der Waals surface area contributed by atoms with Crippen molar-refractivity contribution in [2.75, 3.05) is 13.1 Å². The standard InChI is InChI=1S/C16H23ClN2O/c1-12(16(18)20)8-13-5-3-7-19(10-13)11-14-4-2-6-15(17)9-14/h2,4,6,9,12-13H,3,5,7-8,10-11H2,1H3,(H2,18,20). The van der Waals surface area contributed by atoms with Crippen molar-refractivity contribution in [3.05, 3.63) is 34.9 Å². The van der Waals surface area contributed by atoms with Gasteiger partial charge in [-0.15, -0.1) is 0 Å². The maximum Gasteiger partial charge on any atom is 0.220 e. The summed E-state index contributed by atoms with van der Waals surface area (Å²) in [5.74, 6) is 0.369. The molecule has 1 heterocycles. The minimum atomic E-state index is -0.183. The molecule has 2 rings (SSSR count). The van der Waals surface area contributed by atoms with Gasteiger partial charge in [0.15, 0.2) is 0 Å². The Morgan fingerprint density at radius 3 is 3.05 bits per heavy atom. The molecule has 110 valence electrons. The maximum atomic E-state index is 11.2. The molecular weight excluding hydrogens is 272 g/mol. The Balaban J connectivity index is 1.88. The van der Waals surface area contributed by atoms with E-state index < -0.39 is 0 Å². The fraction of sp³-hybridized carbons (Fsp3) is 0.562. The van der Waals surface area contributed by atoms with E-state index in [0.717, 1.165) is 31.1 Å². The molecule has 1 aliphatic rings. The van der Waals surface area contributed by atoms with Crippen LogP contribution >= 0.6 is 11.6 Å². The zero-order valence-corrected chi connectivity index (χ0v) is 12.8. The van der Waals surface area contributed by atoms with Gasteiger partial charge < -0.3 is 5.73 Å². The molecule has 0 radical (unpaired) electrons. The van der Waals surface area contributed by atoms with E-state index in [1.54, 1.807) is 0 Å². The van der Waals surface area contributed by atoms with Gasteiger partial charge in [0, 0.05) is 24.0 Å². The van der Waals surface area contributed by atoms with Crippen molar-refractivity contribution in [2.45, 2.75) is 32.7 Å². The van der Waals surface area contributed by atoms with E-state index in [9.17, 15) is 4.79 Å². The van der Waals surface area contributed by atoms with Gasteiger partial charge in [0.05, 0.1) is 0 Å². The van der Waals surface area contributed by atoms with Crippen molar-refractivity contribution in [3.8, 4) is 0 Å². The number of carbonyl (C=O) groups excluding carboxylic acids is 1. The summed E-state index contributed by atoms with van der Waals surface area (Å²) in [4.78, 5) is 13.6. The average Bonchev–Trinajstić information content (AvgIpc) is 2.39. The number of rotatable bonds is 5. The summed E-state index contributed by atoms with van der Waals surface area (Å²) in [6.45, 7) is 5.03. The normalized spacial score (nSPS) is 21.6. The Kier molecular flexibility index (Phi) is 5.44. The molecule has 0 saturated carbocycles. The third-order valence-electron chi connectivity index (χ3n) is 4.07. The van der Waals surface area contributed by atoms with Gasteiger partial charge in [0.2, 0.25) is 5.91 Å². The van der Waals surface area contributed by atoms with Gasteiger partial charge in [0.25, 0.3) is 0 Å². The van der Waals surface area contributed by atoms with Crippen LogP contribution in [0.3, 0.4) is 0 Å². The summed E-state index contributed by atoms with van der Waals surface area (Å²) < 4.78 is 0. The molecule has 20 heavy (non-hydrogen) atoms. The Hall–Kier alpha value is -1.06. The molecule has 1 fully saturated rings. The highest BCUT2D eigenvalue weighted by Gasteiger charge is 2.23. The first-order valence-electron chi connectivity index (χ1n) is 7.30. The SMILES string of the molecule is CC(CC1CCCN(Cc2cccc(Cl)c2)C1)C(N)=O. The van der Waals surface area contributed by atoms with Crippen molar-refractivity contribution in [3.63, 3.8) is 0 Å². The number of halogens is 1. The first kappa shape index (κ1) is 15.3. The van der Waals surface area contributed by atoms with Crippen molar-refractivity contribution in [1.29, 1.82) is 0 Å².